The average Bonchev–Trinajstić information content (AvgIpc) is 2.44. The summed E-state index contributed by atoms with van der Waals surface area (Å²) >= 11 is 0. The Bertz CT molecular complexity index is 768. The van der Waals surface area contributed by atoms with E-state index in [4.69, 9.17) is 0 Å². The molecule has 3 rings (SSSR count). The van der Waals surface area contributed by atoms with Crippen molar-refractivity contribution in [2.75, 3.05) is 25.0 Å². The van der Waals surface area contributed by atoms with Crippen molar-refractivity contribution in [1.29, 1.82) is 0 Å². The first-order chi connectivity index (χ1) is 9.97. The number of fused-ring (bicyclic) bond motifs is 1. The number of anilines is 1. The van der Waals surface area contributed by atoms with Gasteiger partial charge in [0.25, 0.3) is 5.56 Å². The summed E-state index contributed by atoms with van der Waals surface area (Å²) < 4.78 is 1.53. The fourth-order valence-electron chi connectivity index (χ4n) is 2.72. The van der Waals surface area contributed by atoms with E-state index in [2.05, 4.69) is 4.98 Å². The van der Waals surface area contributed by atoms with Gasteiger partial charge >= 0.3 is 0 Å². The zero-order chi connectivity index (χ0) is 15.1. The van der Waals surface area contributed by atoms with Gasteiger partial charge in [-0.2, -0.15) is 0 Å². The molecule has 21 heavy (non-hydrogen) atoms. The zero-order valence-electron chi connectivity index (χ0n) is 12.4. The van der Waals surface area contributed by atoms with Gasteiger partial charge in [-0.25, -0.2) is 4.98 Å². The first-order valence-corrected chi connectivity index (χ1v) is 6.97. The van der Waals surface area contributed by atoms with E-state index in [9.17, 15) is 9.59 Å². The van der Waals surface area contributed by atoms with Crippen LogP contribution in [0.3, 0.4) is 0 Å². The lowest BCUT2D eigenvalue weighted by atomic mass is 10.2. The molecule has 1 unspecified atom stereocenters. The summed E-state index contributed by atoms with van der Waals surface area (Å²) in [6.07, 6.45) is 1.71. The molecule has 0 radical (unpaired) electrons. The summed E-state index contributed by atoms with van der Waals surface area (Å²) in [4.78, 5) is 32.4. The number of piperazine rings is 1. The Morgan fingerprint density at radius 1 is 1.33 bits per heavy atom. The predicted molar refractivity (Wildman–Crippen MR) is 80.6 cm³/mol. The van der Waals surface area contributed by atoms with Gasteiger partial charge in [-0.3, -0.25) is 14.0 Å². The standard InChI is InChI=1S/C15H18N4O2/c1-10-5-4-6-18-13(20)7-12(16-15(10)18)19-9-14(21)17(3)8-11(19)2/h4-7,11H,8-9H2,1-3H3. The second-order valence-corrected chi connectivity index (χ2v) is 5.59. The number of hydrogen-bond acceptors (Lipinski definition) is 4. The van der Waals surface area contributed by atoms with Gasteiger partial charge in [-0.15, -0.1) is 0 Å². The number of hydrogen-bond donors (Lipinski definition) is 0. The van der Waals surface area contributed by atoms with E-state index in [1.807, 2.05) is 30.9 Å². The molecule has 110 valence electrons. The number of aryl methyl sites for hydroxylation is 1. The van der Waals surface area contributed by atoms with Crippen molar-refractivity contribution in [2.45, 2.75) is 19.9 Å². The summed E-state index contributed by atoms with van der Waals surface area (Å²) in [5.74, 6) is 0.614. The van der Waals surface area contributed by atoms with E-state index >= 15 is 0 Å². The van der Waals surface area contributed by atoms with Crippen LogP contribution in [0.15, 0.2) is 29.2 Å². The van der Waals surface area contributed by atoms with Gasteiger partial charge in [0.15, 0.2) is 0 Å². The Morgan fingerprint density at radius 2 is 2.10 bits per heavy atom. The van der Waals surface area contributed by atoms with Crippen LogP contribution in [0.2, 0.25) is 0 Å². The molecule has 1 atom stereocenters. The summed E-state index contributed by atoms with van der Waals surface area (Å²) in [6, 6.07) is 5.38. The highest BCUT2D eigenvalue weighted by atomic mass is 16.2. The van der Waals surface area contributed by atoms with Crippen LogP contribution in [0.4, 0.5) is 5.82 Å². The molecule has 6 nitrogen and oxygen atoms in total. The number of likely N-dealkylation sites (N-methyl/N-ethyl adjacent to an activating group) is 1. The monoisotopic (exact) mass is 286 g/mol. The van der Waals surface area contributed by atoms with E-state index in [1.165, 1.54) is 10.5 Å². The second-order valence-electron chi connectivity index (χ2n) is 5.59. The van der Waals surface area contributed by atoms with E-state index < -0.39 is 0 Å². The molecule has 1 saturated heterocycles. The molecule has 0 aromatic carbocycles. The molecule has 2 aromatic rings. The predicted octanol–water partition coefficient (Wildman–Crippen LogP) is 0.670. The van der Waals surface area contributed by atoms with Gasteiger partial charge in [0.05, 0.1) is 6.54 Å². The number of amides is 1. The van der Waals surface area contributed by atoms with Crippen molar-refractivity contribution in [1.82, 2.24) is 14.3 Å². The van der Waals surface area contributed by atoms with Crippen molar-refractivity contribution < 1.29 is 4.79 Å². The SMILES string of the molecule is Cc1cccn2c(=O)cc(N3CC(=O)N(C)CC3C)nc12. The fourth-order valence-corrected chi connectivity index (χ4v) is 2.72. The molecule has 1 aliphatic rings. The number of carbonyl (C=O) groups excluding carboxylic acids is 1. The molecule has 2 aromatic heterocycles. The van der Waals surface area contributed by atoms with Crippen LogP contribution < -0.4 is 10.5 Å². The average molecular weight is 286 g/mol. The molecule has 6 heteroatoms. The van der Waals surface area contributed by atoms with Crippen LogP contribution in [0.1, 0.15) is 12.5 Å². The molecule has 1 fully saturated rings. The third-order valence-electron chi connectivity index (χ3n) is 3.97. The van der Waals surface area contributed by atoms with E-state index in [0.29, 0.717) is 18.0 Å². The van der Waals surface area contributed by atoms with Crippen LogP contribution in [0, 0.1) is 6.92 Å². The first-order valence-electron chi connectivity index (χ1n) is 6.97. The highest BCUT2D eigenvalue weighted by molar-refractivity contribution is 5.82. The van der Waals surface area contributed by atoms with Crippen molar-refractivity contribution >= 4 is 17.4 Å². The van der Waals surface area contributed by atoms with Crippen molar-refractivity contribution in [3.05, 3.63) is 40.3 Å². The van der Waals surface area contributed by atoms with Crippen molar-refractivity contribution in [2.24, 2.45) is 0 Å². The maximum absolute atomic E-state index is 12.2. The molecule has 0 spiro atoms. The molecule has 0 saturated carbocycles. The first kappa shape index (κ1) is 13.6. The fraction of sp³-hybridized carbons (Fsp3) is 0.400. The van der Waals surface area contributed by atoms with Gasteiger partial charge in [0, 0.05) is 31.9 Å². The largest absolute Gasteiger partial charge is 0.343 e. The Kier molecular flexibility index (Phi) is 3.16. The maximum Gasteiger partial charge on any atom is 0.259 e. The number of nitrogens with zero attached hydrogens (tertiary/aromatic N) is 4. The minimum absolute atomic E-state index is 0.0416. The molecule has 1 amide bonds. The third kappa shape index (κ3) is 2.26. The van der Waals surface area contributed by atoms with Crippen LogP contribution in [-0.4, -0.2) is 46.4 Å². The Hall–Kier alpha value is -2.37. The molecule has 3 heterocycles. The quantitative estimate of drug-likeness (QED) is 0.773. The zero-order valence-corrected chi connectivity index (χ0v) is 12.4. The smallest absolute Gasteiger partial charge is 0.259 e. The van der Waals surface area contributed by atoms with Crippen LogP contribution in [0.5, 0.6) is 0 Å². The lowest BCUT2D eigenvalue weighted by Crippen LogP contribution is -2.54. The van der Waals surface area contributed by atoms with Crippen molar-refractivity contribution in [3.63, 3.8) is 0 Å². The topological polar surface area (TPSA) is 57.9 Å². The molecule has 0 aliphatic carbocycles. The van der Waals surface area contributed by atoms with Gasteiger partial charge in [0.2, 0.25) is 5.91 Å². The highest BCUT2D eigenvalue weighted by Crippen LogP contribution is 2.18. The minimum Gasteiger partial charge on any atom is -0.343 e. The van der Waals surface area contributed by atoms with Crippen molar-refractivity contribution in [3.8, 4) is 0 Å². The minimum atomic E-state index is -0.128. The molecule has 1 aliphatic heterocycles. The summed E-state index contributed by atoms with van der Waals surface area (Å²) in [5.41, 5.74) is 1.44. The summed E-state index contributed by atoms with van der Waals surface area (Å²) in [7, 11) is 1.79. The number of carbonyl (C=O) groups is 1. The molecular weight excluding hydrogens is 268 g/mol. The molecule has 0 N–H and O–H groups in total. The lowest BCUT2D eigenvalue weighted by Gasteiger charge is -2.38. The third-order valence-corrected chi connectivity index (χ3v) is 3.97. The van der Waals surface area contributed by atoms with E-state index in [-0.39, 0.29) is 24.1 Å². The number of pyridine rings is 1. The number of aromatic nitrogens is 2. The normalized spacial score (nSPS) is 19.4. The summed E-state index contributed by atoms with van der Waals surface area (Å²) in [6.45, 7) is 4.84. The Balaban J connectivity index is 2.11. The highest BCUT2D eigenvalue weighted by Gasteiger charge is 2.28. The van der Waals surface area contributed by atoms with Gasteiger partial charge in [-0.05, 0) is 25.5 Å². The van der Waals surface area contributed by atoms with Crippen LogP contribution in [-0.2, 0) is 4.79 Å². The second kappa shape index (κ2) is 4.87. The van der Waals surface area contributed by atoms with E-state index in [1.54, 1.807) is 18.1 Å². The van der Waals surface area contributed by atoms with Gasteiger partial charge < -0.3 is 9.80 Å². The summed E-state index contributed by atoms with van der Waals surface area (Å²) in [5, 5.41) is 0. The van der Waals surface area contributed by atoms with E-state index in [0.717, 1.165) is 5.56 Å². The van der Waals surface area contributed by atoms with Crippen LogP contribution >= 0.6 is 0 Å². The van der Waals surface area contributed by atoms with Gasteiger partial charge in [0.1, 0.15) is 11.5 Å². The Labute approximate surface area is 122 Å². The molecule has 0 bridgehead atoms. The number of rotatable bonds is 1. The Morgan fingerprint density at radius 3 is 2.86 bits per heavy atom. The lowest BCUT2D eigenvalue weighted by molar-refractivity contribution is -0.130. The maximum atomic E-state index is 12.2. The van der Waals surface area contributed by atoms with Gasteiger partial charge in [-0.1, -0.05) is 6.07 Å². The van der Waals surface area contributed by atoms with Crippen LogP contribution in [0.25, 0.3) is 5.65 Å². The molecular formula is C15H18N4O2.